The summed E-state index contributed by atoms with van der Waals surface area (Å²) in [6.07, 6.45) is -0.277. The van der Waals surface area contributed by atoms with E-state index in [9.17, 15) is 19.2 Å². The van der Waals surface area contributed by atoms with Crippen LogP contribution in [0.3, 0.4) is 0 Å². The first-order valence-corrected chi connectivity index (χ1v) is 10.7. The highest BCUT2D eigenvalue weighted by Crippen LogP contribution is 2.30. The second kappa shape index (κ2) is 14.7. The zero-order valence-electron chi connectivity index (χ0n) is 17.0. The number of nitrogens with one attached hydrogen (secondary N) is 2. The van der Waals surface area contributed by atoms with Crippen molar-refractivity contribution in [2.24, 2.45) is 5.92 Å². The molecule has 0 aliphatic rings. The van der Waals surface area contributed by atoms with Crippen molar-refractivity contribution in [2.75, 3.05) is 18.8 Å². The molecule has 0 fully saturated rings. The van der Waals surface area contributed by atoms with Crippen LogP contribution in [0.2, 0.25) is 0 Å². The molecule has 2 amide bonds. The molecule has 0 heterocycles. The third kappa shape index (κ3) is 14.9. The van der Waals surface area contributed by atoms with E-state index >= 15 is 0 Å². The number of hydrogen-bond donors (Lipinski definition) is 4. The highest BCUT2D eigenvalue weighted by atomic mass is 33.1. The molecular weight excluding hydrogens is 380 g/mol. The number of carbonyl (C=O) groups excluding carboxylic acids is 2. The van der Waals surface area contributed by atoms with E-state index in [0.29, 0.717) is 19.3 Å². The normalized spacial score (nSPS) is 15.0. The number of carboxylic acid groups (broad SMARTS) is 2. The van der Waals surface area contributed by atoms with Gasteiger partial charge >= 0.3 is 11.9 Å². The lowest BCUT2D eigenvalue weighted by molar-refractivity contribution is -0.141. The molecule has 0 radical (unpaired) electrons. The Balaban J connectivity index is 3.73. The zero-order chi connectivity index (χ0) is 21.5. The molecule has 0 aliphatic carbocycles. The summed E-state index contributed by atoms with van der Waals surface area (Å²) >= 11 is 0. The van der Waals surface area contributed by atoms with Crippen molar-refractivity contribution < 1.29 is 30.8 Å². The Bertz CT molecular complexity index is 527. The molecule has 0 aromatic carbocycles. The van der Waals surface area contributed by atoms with Crippen LogP contribution >= 0.6 is 21.6 Å². The second-order valence-corrected chi connectivity index (χ2v) is 8.64. The molecular formula is C16H28N2O6S2. The summed E-state index contributed by atoms with van der Waals surface area (Å²) in [6, 6.07) is 0. The van der Waals surface area contributed by atoms with E-state index in [1.807, 2.05) is 6.92 Å². The van der Waals surface area contributed by atoms with E-state index in [1.165, 1.54) is 0 Å². The third-order valence-electron chi connectivity index (χ3n) is 3.26. The highest BCUT2D eigenvalue weighted by Gasteiger charge is 2.12. The maximum absolute atomic E-state index is 11.8. The van der Waals surface area contributed by atoms with Gasteiger partial charge in [-0.2, -0.15) is 0 Å². The van der Waals surface area contributed by atoms with Crippen molar-refractivity contribution in [1.29, 1.82) is 1.43 Å². The summed E-state index contributed by atoms with van der Waals surface area (Å²) < 4.78 is 13.9. The zero-order valence-corrected chi connectivity index (χ0v) is 16.6. The first-order valence-electron chi connectivity index (χ1n) is 9.29. The van der Waals surface area contributed by atoms with Gasteiger partial charge in [-0.25, -0.2) is 0 Å². The van der Waals surface area contributed by atoms with Crippen LogP contribution in [0.4, 0.5) is 0 Å². The van der Waals surface area contributed by atoms with Crippen molar-refractivity contribution in [3.8, 4) is 0 Å². The summed E-state index contributed by atoms with van der Waals surface area (Å²) in [5.41, 5.74) is 0. The van der Waals surface area contributed by atoms with Crippen molar-refractivity contribution in [3.63, 3.8) is 0 Å². The largest absolute Gasteiger partial charge is 0.481 e. The van der Waals surface area contributed by atoms with Crippen LogP contribution < -0.4 is 10.6 Å². The molecule has 0 bridgehead atoms. The molecule has 0 aliphatic heterocycles. The van der Waals surface area contributed by atoms with Crippen molar-refractivity contribution in [2.45, 2.75) is 51.2 Å². The van der Waals surface area contributed by atoms with E-state index in [2.05, 4.69) is 15.7 Å². The monoisotopic (exact) mass is 411 g/mol. The fraction of sp³-hybridized carbons (Fsp3) is 0.750. The maximum Gasteiger partial charge on any atom is 0.306 e. The molecule has 3 unspecified atom stereocenters. The van der Waals surface area contributed by atoms with Crippen LogP contribution in [0.5, 0.6) is 0 Å². The van der Waals surface area contributed by atoms with Gasteiger partial charge in [0.2, 0.25) is 11.8 Å². The first kappa shape index (κ1) is 20.9. The average Bonchev–Trinajstić information content (AvgIpc) is 2.65. The van der Waals surface area contributed by atoms with Crippen LogP contribution in [-0.4, -0.2) is 58.1 Å². The minimum Gasteiger partial charge on any atom is -0.481 e. The van der Waals surface area contributed by atoms with E-state index in [1.54, 1.807) is 28.5 Å². The standard InChI is InChI=1S/C16H28N2O6S2/c1-11(16(23)24)7-10-25-26-12(2)3-4-13(19)17-8-9-18-14(20)5-6-15(21)22/h11-12H,3-10H2,1-2H3,(H,17,19)(H,18,20)(H,21,22)(H,23,24)/i5T/hD. The summed E-state index contributed by atoms with van der Waals surface area (Å²) in [5.74, 6) is -2.13. The Labute approximate surface area is 164 Å². The van der Waals surface area contributed by atoms with Gasteiger partial charge in [0.05, 0.1) is 12.3 Å². The van der Waals surface area contributed by atoms with Crippen molar-refractivity contribution >= 4 is 45.3 Å². The number of rotatable bonds is 15. The fourth-order valence-corrected chi connectivity index (χ4v) is 4.17. The van der Waals surface area contributed by atoms with E-state index in [4.69, 9.17) is 7.91 Å². The van der Waals surface area contributed by atoms with Crippen molar-refractivity contribution in [1.82, 2.24) is 10.6 Å². The molecule has 0 saturated heterocycles. The Morgan fingerprint density at radius 2 is 1.77 bits per heavy atom. The molecule has 26 heavy (non-hydrogen) atoms. The van der Waals surface area contributed by atoms with Crippen LogP contribution in [0.1, 0.15) is 47.3 Å². The third-order valence-corrected chi connectivity index (χ3v) is 6.25. The number of amides is 2. The minimum absolute atomic E-state index is 0.138. The number of carbonyl (C=O) groups is 4. The summed E-state index contributed by atoms with van der Waals surface area (Å²) in [7, 11) is 3.24. The van der Waals surface area contributed by atoms with Gasteiger partial charge in [-0.3, -0.25) is 19.2 Å². The number of carboxylic acids is 2. The van der Waals surface area contributed by atoms with E-state index in [-0.39, 0.29) is 30.2 Å². The molecule has 150 valence electrons. The smallest absolute Gasteiger partial charge is 0.306 e. The molecule has 0 saturated carbocycles. The fourth-order valence-electron chi connectivity index (χ4n) is 1.62. The lowest BCUT2D eigenvalue weighted by Crippen LogP contribution is -2.34. The van der Waals surface area contributed by atoms with Gasteiger partial charge in [0.15, 0.2) is 0 Å². The highest BCUT2D eigenvalue weighted by molar-refractivity contribution is 8.76. The van der Waals surface area contributed by atoms with Gasteiger partial charge in [0.1, 0.15) is 0 Å². The van der Waals surface area contributed by atoms with Gasteiger partial charge in [0, 0.05) is 38.3 Å². The van der Waals surface area contributed by atoms with Gasteiger partial charge in [-0.15, -0.1) is 0 Å². The topological polar surface area (TPSA) is 133 Å². The van der Waals surface area contributed by atoms with E-state index < -0.39 is 30.7 Å². The molecule has 8 nitrogen and oxygen atoms in total. The first-order chi connectivity index (χ1) is 13.2. The minimum atomic E-state index is -1.36. The van der Waals surface area contributed by atoms with Gasteiger partial charge in [-0.05, 0) is 12.8 Å². The van der Waals surface area contributed by atoms with Gasteiger partial charge in [-0.1, -0.05) is 35.4 Å². The second-order valence-electron chi connectivity index (χ2n) is 5.72. The SMILES string of the molecule is [2H]OC(=O)C(C)CCSSC(C)CCC(=O)NCCNC(=O)C([3H])CC(=O)O. The Hall–Kier alpha value is -1.42. The maximum atomic E-state index is 11.8. The number of aliphatic carboxylic acids is 2. The summed E-state index contributed by atoms with van der Waals surface area (Å²) in [5, 5.41) is 17.8. The Morgan fingerprint density at radius 3 is 2.38 bits per heavy atom. The molecule has 4 N–H and O–H groups in total. The Kier molecular flexibility index (Phi) is 11.8. The van der Waals surface area contributed by atoms with Crippen LogP contribution in [0.15, 0.2) is 0 Å². The Morgan fingerprint density at radius 1 is 1.12 bits per heavy atom. The quantitative estimate of drug-likeness (QED) is 0.237. The average molecular weight is 412 g/mol. The van der Waals surface area contributed by atoms with Crippen LogP contribution in [0, 0.1) is 5.92 Å². The number of hydrogen-bond acceptors (Lipinski definition) is 7. The van der Waals surface area contributed by atoms with Crippen LogP contribution in [-0.2, 0) is 19.2 Å². The summed E-state index contributed by atoms with van der Waals surface area (Å²) in [4.78, 5) is 44.8. The van der Waals surface area contributed by atoms with Crippen molar-refractivity contribution in [3.05, 3.63) is 0 Å². The van der Waals surface area contributed by atoms with Gasteiger partial charge in [0.25, 0.3) is 1.43 Å². The molecule has 0 aromatic heterocycles. The predicted molar refractivity (Wildman–Crippen MR) is 103 cm³/mol. The molecule has 3 atom stereocenters. The predicted octanol–water partition coefficient (Wildman–Crippen LogP) is 1.74. The van der Waals surface area contributed by atoms with Gasteiger partial charge < -0.3 is 20.8 Å². The molecule has 0 spiro atoms. The molecule has 10 heteroatoms. The molecule has 0 aromatic rings. The lowest BCUT2D eigenvalue weighted by atomic mass is 10.1. The lowest BCUT2D eigenvalue weighted by Gasteiger charge is -2.11. The molecule has 0 rings (SSSR count). The van der Waals surface area contributed by atoms with Crippen LogP contribution in [0.25, 0.3) is 1.43 Å². The summed E-state index contributed by atoms with van der Waals surface area (Å²) in [6.45, 7) is 4.07. The van der Waals surface area contributed by atoms with E-state index in [0.717, 1.165) is 5.75 Å².